The molecule has 0 bridgehead atoms. The van der Waals surface area contributed by atoms with E-state index in [9.17, 15) is 14.4 Å². The number of nitrogens with one attached hydrogen (secondary N) is 1. The van der Waals surface area contributed by atoms with Gasteiger partial charge in [0.25, 0.3) is 11.5 Å². The molecule has 150 valence electrons. The van der Waals surface area contributed by atoms with Crippen molar-refractivity contribution >= 4 is 41.8 Å². The monoisotopic (exact) mass is 417 g/mol. The maximum Gasteiger partial charge on any atom is 0.332 e. The van der Waals surface area contributed by atoms with Gasteiger partial charge in [-0.3, -0.25) is 18.7 Å². The first kappa shape index (κ1) is 23.1. The summed E-state index contributed by atoms with van der Waals surface area (Å²) in [5.41, 5.74) is 0.294. The maximum atomic E-state index is 12.9. The molecule has 0 saturated carbocycles. The number of carbonyl (C=O) groups is 1. The fourth-order valence-corrected chi connectivity index (χ4v) is 3.38. The molecule has 1 fully saturated rings. The molecule has 3 rings (SSSR count). The van der Waals surface area contributed by atoms with Crippen LogP contribution in [0.4, 0.5) is 0 Å². The molecule has 3 heterocycles. The van der Waals surface area contributed by atoms with E-state index in [1.807, 2.05) is 0 Å². The van der Waals surface area contributed by atoms with Crippen LogP contribution in [0, 0.1) is 6.92 Å². The Morgan fingerprint density at radius 3 is 2.37 bits per heavy atom. The molecule has 1 saturated heterocycles. The van der Waals surface area contributed by atoms with Crippen LogP contribution in [0.15, 0.2) is 15.7 Å². The third-order valence-corrected chi connectivity index (χ3v) is 5.00. The minimum atomic E-state index is -0.458. The van der Waals surface area contributed by atoms with Gasteiger partial charge >= 0.3 is 5.69 Å². The molecule has 8 nitrogen and oxygen atoms in total. The molecule has 1 amide bonds. The summed E-state index contributed by atoms with van der Waals surface area (Å²) in [5.74, 6) is -0.190. The number of rotatable bonds is 2. The van der Waals surface area contributed by atoms with Gasteiger partial charge in [-0.05, 0) is 44.5 Å². The van der Waals surface area contributed by atoms with Crippen molar-refractivity contribution in [2.75, 3.05) is 20.1 Å². The van der Waals surface area contributed by atoms with Gasteiger partial charge < -0.3 is 10.2 Å². The molecule has 0 spiro atoms. The lowest BCUT2D eigenvalue weighted by molar-refractivity contribution is 0.0697. The Balaban J connectivity index is 0.00000182. The van der Waals surface area contributed by atoms with Crippen LogP contribution in [0.2, 0.25) is 0 Å². The highest BCUT2D eigenvalue weighted by molar-refractivity contribution is 5.95. The third kappa shape index (κ3) is 4.02. The number of hydrogen-bond acceptors (Lipinski definition) is 5. The van der Waals surface area contributed by atoms with Crippen molar-refractivity contribution in [1.82, 2.24) is 24.3 Å². The fourth-order valence-electron chi connectivity index (χ4n) is 3.38. The molecular weight excluding hydrogens is 393 g/mol. The summed E-state index contributed by atoms with van der Waals surface area (Å²) in [6.07, 6.45) is 1.79. The largest absolute Gasteiger partial charge is 0.337 e. The van der Waals surface area contributed by atoms with Gasteiger partial charge in [0.2, 0.25) is 0 Å². The van der Waals surface area contributed by atoms with Crippen molar-refractivity contribution in [3.63, 3.8) is 0 Å². The van der Waals surface area contributed by atoms with Crippen LogP contribution in [0.5, 0.6) is 0 Å². The van der Waals surface area contributed by atoms with Crippen LogP contribution in [-0.4, -0.2) is 51.1 Å². The Hall–Kier alpha value is -1.90. The molecule has 0 unspecified atom stereocenters. The zero-order chi connectivity index (χ0) is 18.3. The summed E-state index contributed by atoms with van der Waals surface area (Å²) in [6, 6.07) is 1.80. The standard InChI is InChI=1S/C17H23N5O3.2ClH/c1-10-9-12(15(23)20(2)11-5-7-18-8-6-11)19-14-13(10)16(24)22(4)17(25)21(14)3;;/h9,11,18H,5-8H2,1-4H3;2*1H. The first-order valence-electron chi connectivity index (χ1n) is 8.38. The number of piperidine rings is 1. The first-order valence-corrected chi connectivity index (χ1v) is 8.38. The molecule has 0 radical (unpaired) electrons. The second kappa shape index (κ2) is 8.86. The average molecular weight is 418 g/mol. The van der Waals surface area contributed by atoms with Crippen LogP contribution in [-0.2, 0) is 14.1 Å². The predicted octanol–water partition coefficient (Wildman–Crippen LogP) is 0.608. The zero-order valence-corrected chi connectivity index (χ0v) is 17.4. The van der Waals surface area contributed by atoms with Crippen LogP contribution < -0.4 is 16.6 Å². The Labute approximate surface area is 169 Å². The van der Waals surface area contributed by atoms with Crippen molar-refractivity contribution in [1.29, 1.82) is 0 Å². The zero-order valence-electron chi connectivity index (χ0n) is 15.8. The van der Waals surface area contributed by atoms with Crippen molar-refractivity contribution in [3.05, 3.63) is 38.2 Å². The van der Waals surface area contributed by atoms with E-state index in [-0.39, 0.29) is 48.1 Å². The van der Waals surface area contributed by atoms with Gasteiger partial charge in [-0.2, -0.15) is 0 Å². The molecule has 1 aliphatic rings. The van der Waals surface area contributed by atoms with Gasteiger partial charge in [0.05, 0.1) is 5.39 Å². The van der Waals surface area contributed by atoms with Crippen LogP contribution in [0.25, 0.3) is 11.0 Å². The Kier molecular flexibility index (Phi) is 7.59. The minimum Gasteiger partial charge on any atom is -0.337 e. The molecule has 2 aromatic heterocycles. The number of aryl methyl sites for hydroxylation is 2. The predicted molar refractivity (Wildman–Crippen MR) is 109 cm³/mol. The highest BCUT2D eigenvalue weighted by Gasteiger charge is 2.25. The quantitative estimate of drug-likeness (QED) is 0.772. The first-order chi connectivity index (χ1) is 11.8. The number of nitrogens with zero attached hydrogens (tertiary/aromatic N) is 4. The van der Waals surface area contributed by atoms with Gasteiger partial charge in [0.1, 0.15) is 11.3 Å². The van der Waals surface area contributed by atoms with Crippen LogP contribution >= 0.6 is 24.8 Å². The maximum absolute atomic E-state index is 12.9. The summed E-state index contributed by atoms with van der Waals surface area (Å²) >= 11 is 0. The highest BCUT2D eigenvalue weighted by Crippen LogP contribution is 2.17. The number of carbonyl (C=O) groups excluding carboxylic acids is 1. The molecule has 0 aromatic carbocycles. The number of pyridine rings is 1. The van der Waals surface area contributed by atoms with Gasteiger partial charge in [0.15, 0.2) is 0 Å². The number of hydrogen-bond donors (Lipinski definition) is 1. The average Bonchev–Trinajstić information content (AvgIpc) is 2.63. The van der Waals surface area contributed by atoms with E-state index in [0.717, 1.165) is 30.5 Å². The van der Waals surface area contributed by atoms with Crippen molar-refractivity contribution in [2.45, 2.75) is 25.8 Å². The molecule has 1 aliphatic heterocycles. The second-order valence-electron chi connectivity index (χ2n) is 6.63. The number of amides is 1. The Bertz CT molecular complexity index is 964. The Morgan fingerprint density at radius 2 is 1.78 bits per heavy atom. The molecule has 10 heteroatoms. The molecule has 27 heavy (non-hydrogen) atoms. The summed E-state index contributed by atoms with van der Waals surface area (Å²) < 4.78 is 2.37. The van der Waals surface area contributed by atoms with Crippen LogP contribution in [0.1, 0.15) is 28.9 Å². The van der Waals surface area contributed by atoms with Crippen molar-refractivity contribution < 1.29 is 4.79 Å². The van der Waals surface area contributed by atoms with E-state index in [1.54, 1.807) is 32.0 Å². The highest BCUT2D eigenvalue weighted by atomic mass is 35.5. The summed E-state index contributed by atoms with van der Waals surface area (Å²) in [4.78, 5) is 43.5. The summed E-state index contributed by atoms with van der Waals surface area (Å²) in [6.45, 7) is 3.53. The van der Waals surface area contributed by atoms with Crippen molar-refractivity contribution in [3.8, 4) is 0 Å². The fraction of sp³-hybridized carbons (Fsp3) is 0.529. The Morgan fingerprint density at radius 1 is 1.19 bits per heavy atom. The van der Waals surface area contributed by atoms with Gasteiger partial charge in [-0.1, -0.05) is 0 Å². The minimum absolute atomic E-state index is 0. The van der Waals surface area contributed by atoms with Gasteiger partial charge in [0, 0.05) is 27.2 Å². The van der Waals surface area contributed by atoms with Gasteiger partial charge in [-0.15, -0.1) is 24.8 Å². The lowest BCUT2D eigenvalue weighted by Crippen LogP contribution is -2.44. The number of fused-ring (bicyclic) bond motifs is 1. The van der Waals surface area contributed by atoms with Crippen LogP contribution in [0.3, 0.4) is 0 Å². The molecule has 0 aliphatic carbocycles. The smallest absolute Gasteiger partial charge is 0.332 e. The van der Waals surface area contributed by atoms with Crippen molar-refractivity contribution in [2.24, 2.45) is 14.1 Å². The van der Waals surface area contributed by atoms with E-state index >= 15 is 0 Å². The van der Waals surface area contributed by atoms with E-state index in [2.05, 4.69) is 10.3 Å². The van der Waals surface area contributed by atoms with E-state index in [0.29, 0.717) is 10.9 Å². The molecule has 0 atom stereocenters. The normalized spacial score (nSPS) is 14.4. The number of aromatic nitrogens is 3. The molecule has 1 N–H and O–H groups in total. The SMILES string of the molecule is Cc1cc(C(=O)N(C)C2CCNCC2)nc2c1c(=O)n(C)c(=O)n2C.Cl.Cl. The topological polar surface area (TPSA) is 89.2 Å². The van der Waals surface area contributed by atoms with E-state index < -0.39 is 11.2 Å². The number of halogens is 2. The summed E-state index contributed by atoms with van der Waals surface area (Å²) in [7, 11) is 4.78. The third-order valence-electron chi connectivity index (χ3n) is 5.00. The summed E-state index contributed by atoms with van der Waals surface area (Å²) in [5, 5.41) is 3.64. The van der Waals surface area contributed by atoms with E-state index in [1.165, 1.54) is 11.6 Å². The molecular formula is C17H25Cl2N5O3. The molecule has 2 aromatic rings. The lowest BCUT2D eigenvalue weighted by Gasteiger charge is -2.31. The lowest BCUT2D eigenvalue weighted by atomic mass is 10.0. The van der Waals surface area contributed by atoms with Gasteiger partial charge in [-0.25, -0.2) is 9.78 Å². The van der Waals surface area contributed by atoms with E-state index in [4.69, 9.17) is 0 Å². The second-order valence-corrected chi connectivity index (χ2v) is 6.63.